The third-order valence-electron chi connectivity index (χ3n) is 12.1. The summed E-state index contributed by atoms with van der Waals surface area (Å²) >= 11 is 0. The quantitative estimate of drug-likeness (QED) is 0.143. The Balaban J connectivity index is 0.881. The van der Waals surface area contributed by atoms with Crippen LogP contribution in [0.15, 0.2) is 59.5 Å². The van der Waals surface area contributed by atoms with Crippen LogP contribution in [0.4, 0.5) is 28.9 Å². The Morgan fingerprint density at radius 1 is 1.03 bits per heavy atom. The molecule has 3 atom stereocenters. The number of imidazole rings is 1. The van der Waals surface area contributed by atoms with Crippen molar-refractivity contribution in [3.8, 4) is 5.75 Å². The third-order valence-corrected chi connectivity index (χ3v) is 12.1. The number of piperidine rings is 2. The van der Waals surface area contributed by atoms with Crippen molar-refractivity contribution in [2.45, 2.75) is 75.4 Å². The van der Waals surface area contributed by atoms with Crippen LogP contribution >= 0.6 is 0 Å². The maximum absolute atomic E-state index is 16.1. The number of nitrogens with zero attached hydrogens (tertiary/aromatic N) is 7. The van der Waals surface area contributed by atoms with Crippen LogP contribution in [0.1, 0.15) is 73.2 Å². The number of amides is 3. The zero-order valence-electron chi connectivity index (χ0n) is 32.8. The highest BCUT2D eigenvalue weighted by molar-refractivity contribution is 6.05. The van der Waals surface area contributed by atoms with Gasteiger partial charge in [0, 0.05) is 50.2 Å². The van der Waals surface area contributed by atoms with Crippen molar-refractivity contribution in [3.05, 3.63) is 76.6 Å². The molecule has 0 bridgehead atoms. The number of fused-ring (bicyclic) bond motifs is 2. The molecule has 0 radical (unpaired) electrons. The number of ether oxygens (including phenoxy) is 1. The van der Waals surface area contributed by atoms with Crippen LogP contribution < -0.4 is 26.0 Å². The number of benzene rings is 2. The predicted molar refractivity (Wildman–Crippen MR) is 211 cm³/mol. The Labute approximate surface area is 336 Å². The average Bonchev–Trinajstić information content (AvgIpc) is 3.74. The van der Waals surface area contributed by atoms with Gasteiger partial charge in [-0.1, -0.05) is 12.1 Å². The van der Waals surface area contributed by atoms with E-state index in [-0.39, 0.29) is 54.4 Å². The maximum Gasteiger partial charge on any atom is 0.433 e. The van der Waals surface area contributed by atoms with Gasteiger partial charge in [0.15, 0.2) is 0 Å². The predicted octanol–water partition coefficient (Wildman–Crippen LogP) is 5.62. The van der Waals surface area contributed by atoms with Crippen molar-refractivity contribution in [2.24, 2.45) is 13.0 Å². The molecule has 0 spiro atoms. The number of rotatable bonds is 9. The molecule has 14 nitrogen and oxygen atoms in total. The van der Waals surface area contributed by atoms with Crippen LogP contribution in [0, 0.1) is 5.92 Å². The van der Waals surface area contributed by atoms with Gasteiger partial charge in [-0.3, -0.25) is 33.5 Å². The molecule has 1 saturated carbocycles. The smallest absolute Gasteiger partial charge is 0.433 e. The molecule has 2 saturated heterocycles. The van der Waals surface area contributed by atoms with E-state index in [9.17, 15) is 32.3 Å². The molecule has 3 aliphatic rings. The summed E-state index contributed by atoms with van der Waals surface area (Å²) in [7, 11) is 5.06. The fourth-order valence-corrected chi connectivity index (χ4v) is 9.08. The van der Waals surface area contributed by atoms with E-state index >= 15 is 4.39 Å². The molecule has 2 aromatic carbocycles. The number of aryl methyl sites for hydroxylation is 1. The number of pyridine rings is 1. The Kier molecular flexibility index (Phi) is 10.7. The summed E-state index contributed by atoms with van der Waals surface area (Å²) in [4.78, 5) is 58.4. The first-order valence-corrected chi connectivity index (χ1v) is 19.8. The summed E-state index contributed by atoms with van der Waals surface area (Å²) in [5.41, 5.74) is 0.943. The summed E-state index contributed by atoms with van der Waals surface area (Å²) in [6.07, 6.45) is 0.628. The van der Waals surface area contributed by atoms with Crippen molar-refractivity contribution in [1.82, 2.24) is 34.1 Å². The van der Waals surface area contributed by atoms with E-state index in [2.05, 4.69) is 20.5 Å². The van der Waals surface area contributed by atoms with Gasteiger partial charge in [-0.05, 0) is 81.8 Å². The molecule has 3 amide bonds. The molecule has 3 fully saturated rings. The van der Waals surface area contributed by atoms with Crippen LogP contribution in [-0.4, -0.2) is 92.5 Å². The molecule has 2 N–H and O–H groups in total. The molecule has 1 unspecified atom stereocenters. The number of alkyl halides is 4. The van der Waals surface area contributed by atoms with Gasteiger partial charge >= 0.3 is 11.9 Å². The number of hydrogen-bond acceptors (Lipinski definition) is 9. The zero-order chi connectivity index (χ0) is 41.7. The first kappa shape index (κ1) is 40.0. The minimum atomic E-state index is -4.69. The van der Waals surface area contributed by atoms with Crippen LogP contribution in [0.2, 0.25) is 0 Å². The minimum Gasteiger partial charge on any atom is -0.494 e. The average molecular weight is 820 g/mol. The highest BCUT2D eigenvalue weighted by atomic mass is 19.4. The van der Waals surface area contributed by atoms with Gasteiger partial charge in [0.1, 0.15) is 29.4 Å². The molecule has 18 heteroatoms. The minimum absolute atomic E-state index is 0.128. The standard InChI is InChI=1S/C41H45F4N9O5/c1-50(30-16-17-52(22-26(30)42)31-7-5-8-32-37(31)51(2)40(58)54(32)33-14-15-36(55)48-39(33)57)20-23-10-12-25(13-11-23)53-21-24-18-29(34(59-3)19-28(24)49-53)47-38(56)27-6-4-9-35(46-27)41(43,44)45/h4-9,18-19,21,23,25-26,30,33H,10-17,20,22H2,1-3H3,(H,47,56)(H,48,55,57)/t23?,25?,26-,30-,33?/m0/s1. The number of nitrogens with one attached hydrogen (secondary N) is 2. The summed E-state index contributed by atoms with van der Waals surface area (Å²) in [5, 5.41) is 10.5. The number of hydrogen-bond donors (Lipinski definition) is 2. The lowest BCUT2D eigenvalue weighted by Gasteiger charge is -2.42. The van der Waals surface area contributed by atoms with Crippen LogP contribution in [-0.2, 0) is 22.8 Å². The Morgan fingerprint density at radius 2 is 1.80 bits per heavy atom. The van der Waals surface area contributed by atoms with Crippen molar-refractivity contribution in [2.75, 3.05) is 44.0 Å². The number of halogens is 4. The van der Waals surface area contributed by atoms with Gasteiger partial charge in [0.2, 0.25) is 11.8 Å². The Hall–Kier alpha value is -5.78. The van der Waals surface area contributed by atoms with E-state index in [0.717, 1.165) is 55.4 Å². The third kappa shape index (κ3) is 7.77. The summed E-state index contributed by atoms with van der Waals surface area (Å²) in [6.45, 7) is 1.49. The van der Waals surface area contributed by atoms with Crippen molar-refractivity contribution >= 4 is 51.0 Å². The van der Waals surface area contributed by atoms with E-state index in [4.69, 9.17) is 9.84 Å². The van der Waals surface area contributed by atoms with Crippen molar-refractivity contribution in [1.29, 1.82) is 0 Å². The van der Waals surface area contributed by atoms with Crippen LogP contribution in [0.3, 0.4) is 0 Å². The van der Waals surface area contributed by atoms with E-state index in [1.165, 1.54) is 22.3 Å². The van der Waals surface area contributed by atoms with Gasteiger partial charge in [0.05, 0.1) is 47.6 Å². The highest BCUT2D eigenvalue weighted by Crippen LogP contribution is 2.37. The molecule has 8 rings (SSSR count). The number of aromatic nitrogens is 5. The summed E-state index contributed by atoms with van der Waals surface area (Å²) in [5.74, 6) is -0.993. The number of carbonyl (C=O) groups excluding carboxylic acids is 3. The second kappa shape index (κ2) is 15.8. The van der Waals surface area contributed by atoms with Gasteiger partial charge in [-0.15, -0.1) is 0 Å². The van der Waals surface area contributed by atoms with Gasteiger partial charge < -0.3 is 19.9 Å². The van der Waals surface area contributed by atoms with E-state index in [1.54, 1.807) is 25.2 Å². The molecular weight excluding hydrogens is 775 g/mol. The van der Waals surface area contributed by atoms with Gasteiger partial charge in [-0.25, -0.2) is 14.2 Å². The zero-order valence-corrected chi connectivity index (χ0v) is 32.8. The summed E-state index contributed by atoms with van der Waals surface area (Å²) in [6, 6.07) is 11.0. The largest absolute Gasteiger partial charge is 0.494 e. The number of carbonyl (C=O) groups is 3. The number of imide groups is 1. The second-order valence-electron chi connectivity index (χ2n) is 15.8. The lowest BCUT2D eigenvalue weighted by atomic mass is 9.85. The molecular formula is C41H45F4N9O5. The Bertz CT molecular complexity index is 2490. The van der Waals surface area contributed by atoms with Gasteiger partial charge in [-0.2, -0.15) is 18.3 Å². The lowest BCUT2D eigenvalue weighted by Crippen LogP contribution is -2.52. The molecule has 5 heterocycles. The first-order chi connectivity index (χ1) is 28.2. The van der Waals surface area contributed by atoms with Gasteiger partial charge in [0.25, 0.3) is 5.91 Å². The van der Waals surface area contributed by atoms with Crippen molar-refractivity contribution in [3.63, 3.8) is 0 Å². The van der Waals surface area contributed by atoms with Crippen LogP contribution in [0.5, 0.6) is 5.75 Å². The normalized spacial score (nSPS) is 22.9. The lowest BCUT2D eigenvalue weighted by molar-refractivity contribution is -0.141. The second-order valence-corrected chi connectivity index (χ2v) is 15.8. The highest BCUT2D eigenvalue weighted by Gasteiger charge is 2.37. The monoisotopic (exact) mass is 819 g/mol. The number of anilines is 2. The Morgan fingerprint density at radius 3 is 2.51 bits per heavy atom. The van der Waals surface area contributed by atoms with Crippen molar-refractivity contribution < 1.29 is 36.7 Å². The molecule has 1 aliphatic carbocycles. The molecule has 2 aliphatic heterocycles. The molecule has 312 valence electrons. The topological polar surface area (TPSA) is 149 Å². The molecule has 5 aromatic rings. The maximum atomic E-state index is 16.1. The fraction of sp³-hybridized carbons (Fsp3) is 0.463. The summed E-state index contributed by atoms with van der Waals surface area (Å²) < 4.78 is 66.0. The SMILES string of the molecule is COc1cc2nn(C3CCC(CN(C)[C@H]4CCN(c5cccc6c5n(C)c(=O)n6C5CCC(=O)NC5=O)C[C@@H]4F)CC3)cc2cc1NC(=O)c1cccc(C(F)(F)F)n1. The molecule has 3 aromatic heterocycles. The van der Waals surface area contributed by atoms with Crippen LogP contribution in [0.25, 0.3) is 21.9 Å². The van der Waals surface area contributed by atoms with E-state index in [0.29, 0.717) is 41.2 Å². The van der Waals surface area contributed by atoms with E-state index < -0.39 is 35.9 Å². The fourth-order valence-electron chi connectivity index (χ4n) is 9.08. The number of para-hydroxylation sites is 1. The number of methoxy groups -OCH3 is 1. The van der Waals surface area contributed by atoms with E-state index in [1.807, 2.05) is 35.0 Å². The molecule has 59 heavy (non-hydrogen) atoms. The first-order valence-electron chi connectivity index (χ1n) is 19.8.